The molecule has 0 fully saturated rings. The van der Waals surface area contributed by atoms with Crippen LogP contribution in [0.2, 0.25) is 5.54 Å². The van der Waals surface area contributed by atoms with Crippen LogP contribution in [0, 0.1) is 0 Å². The van der Waals surface area contributed by atoms with Gasteiger partial charge in [-0.05, 0) is 5.54 Å². The van der Waals surface area contributed by atoms with Crippen molar-refractivity contribution in [1.29, 1.82) is 0 Å². The van der Waals surface area contributed by atoms with E-state index in [4.69, 9.17) is 0 Å². The van der Waals surface area contributed by atoms with Crippen LogP contribution in [0.15, 0.2) is 12.3 Å². The lowest BCUT2D eigenvalue weighted by atomic mass is 10.2. The topological polar surface area (TPSA) is 20.2 Å². The number of hydrogen-bond donors (Lipinski definition) is 1. The summed E-state index contributed by atoms with van der Waals surface area (Å²) in [5, 5.41) is 0. The normalized spacial score (nSPS) is 16.3. The maximum Gasteiger partial charge on any atom is 0.199 e. The van der Waals surface area contributed by atoms with Gasteiger partial charge in [-0.1, -0.05) is 38.8 Å². The van der Waals surface area contributed by atoms with Gasteiger partial charge in [0.15, 0.2) is 9.04 Å². The maximum atomic E-state index is 9.47. The Morgan fingerprint density at radius 3 is 2.50 bits per heavy atom. The van der Waals surface area contributed by atoms with Gasteiger partial charge < -0.3 is 4.80 Å². The fourth-order valence-corrected chi connectivity index (χ4v) is 2.72. The first-order valence-electron chi connectivity index (χ1n) is 4.06. The molecule has 0 aliphatic carbocycles. The van der Waals surface area contributed by atoms with Crippen molar-refractivity contribution in [3.05, 3.63) is 12.3 Å². The summed E-state index contributed by atoms with van der Waals surface area (Å²) < 4.78 is 0. The summed E-state index contributed by atoms with van der Waals surface area (Å²) >= 11 is 0. The van der Waals surface area contributed by atoms with E-state index in [9.17, 15) is 4.80 Å². The molecule has 0 bridgehead atoms. The molecule has 1 N–H and O–H groups in total. The van der Waals surface area contributed by atoms with Crippen LogP contribution < -0.4 is 0 Å². The van der Waals surface area contributed by atoms with E-state index >= 15 is 0 Å². The van der Waals surface area contributed by atoms with E-state index in [0.717, 1.165) is 12.8 Å². The SMILES string of the molecule is C=C[SiH](O)C(CC)CCC. The molecule has 60 valence electrons. The highest BCUT2D eigenvalue weighted by Gasteiger charge is 2.14. The van der Waals surface area contributed by atoms with Gasteiger partial charge in [-0.3, -0.25) is 0 Å². The summed E-state index contributed by atoms with van der Waals surface area (Å²) in [5.41, 5.74) is 2.33. The molecule has 0 amide bonds. The Hall–Kier alpha value is -0.0831. The van der Waals surface area contributed by atoms with E-state index in [2.05, 4.69) is 20.4 Å². The standard InChI is InChI=1S/C8H18OSi/c1-4-7-8(5-2)10(9)6-3/h6,8-10H,3-5,7H2,1-2H3. The van der Waals surface area contributed by atoms with E-state index < -0.39 is 9.04 Å². The molecule has 0 heterocycles. The highest BCUT2D eigenvalue weighted by Crippen LogP contribution is 2.19. The summed E-state index contributed by atoms with van der Waals surface area (Å²) in [6, 6.07) is 0. The van der Waals surface area contributed by atoms with Gasteiger partial charge in [0, 0.05) is 0 Å². The lowest BCUT2D eigenvalue weighted by Crippen LogP contribution is -2.17. The highest BCUT2D eigenvalue weighted by molar-refractivity contribution is 6.57. The Kier molecular flexibility index (Phi) is 5.64. The van der Waals surface area contributed by atoms with E-state index in [0.29, 0.717) is 5.54 Å². The zero-order chi connectivity index (χ0) is 7.98. The van der Waals surface area contributed by atoms with Crippen LogP contribution in [-0.4, -0.2) is 13.8 Å². The molecule has 0 radical (unpaired) electrons. The van der Waals surface area contributed by atoms with Gasteiger partial charge in [-0.15, -0.1) is 6.58 Å². The molecule has 2 atom stereocenters. The second-order valence-corrected chi connectivity index (χ2v) is 5.08. The lowest BCUT2D eigenvalue weighted by molar-refractivity contribution is 0.533. The molecule has 1 nitrogen and oxygen atoms in total. The monoisotopic (exact) mass is 158 g/mol. The van der Waals surface area contributed by atoms with Gasteiger partial charge in [-0.2, -0.15) is 0 Å². The minimum Gasteiger partial charge on any atom is -0.431 e. The molecule has 10 heavy (non-hydrogen) atoms. The first kappa shape index (κ1) is 9.92. The van der Waals surface area contributed by atoms with Gasteiger partial charge in [0.25, 0.3) is 0 Å². The van der Waals surface area contributed by atoms with Gasteiger partial charge in [0.2, 0.25) is 0 Å². The van der Waals surface area contributed by atoms with Crippen LogP contribution in [-0.2, 0) is 0 Å². The summed E-state index contributed by atoms with van der Waals surface area (Å²) in [6.45, 7) is 7.92. The predicted octanol–water partition coefficient (Wildman–Crippen LogP) is 2.01. The largest absolute Gasteiger partial charge is 0.431 e. The molecule has 0 aromatic heterocycles. The van der Waals surface area contributed by atoms with Crippen molar-refractivity contribution in [2.75, 3.05) is 0 Å². The first-order chi connectivity index (χ1) is 4.76. The molecule has 2 unspecified atom stereocenters. The molecular formula is C8H18OSi. The van der Waals surface area contributed by atoms with Crippen molar-refractivity contribution in [2.24, 2.45) is 0 Å². The number of hydrogen-bond acceptors (Lipinski definition) is 1. The van der Waals surface area contributed by atoms with Crippen LogP contribution >= 0.6 is 0 Å². The smallest absolute Gasteiger partial charge is 0.199 e. The second kappa shape index (κ2) is 5.68. The second-order valence-electron chi connectivity index (χ2n) is 2.68. The van der Waals surface area contributed by atoms with Gasteiger partial charge in [0.05, 0.1) is 0 Å². The molecule has 0 aliphatic heterocycles. The lowest BCUT2D eigenvalue weighted by Gasteiger charge is -2.14. The first-order valence-corrected chi connectivity index (χ1v) is 5.91. The highest BCUT2D eigenvalue weighted by atomic mass is 28.3. The fourth-order valence-electron chi connectivity index (χ4n) is 1.18. The third kappa shape index (κ3) is 3.18. The Morgan fingerprint density at radius 2 is 2.20 bits per heavy atom. The van der Waals surface area contributed by atoms with Crippen molar-refractivity contribution in [3.8, 4) is 0 Å². The molecule has 2 heteroatoms. The van der Waals surface area contributed by atoms with E-state index in [1.807, 2.05) is 0 Å². The Morgan fingerprint density at radius 1 is 1.60 bits per heavy atom. The molecule has 0 spiro atoms. The minimum atomic E-state index is -1.55. The van der Waals surface area contributed by atoms with Crippen molar-refractivity contribution in [2.45, 2.75) is 38.7 Å². The Bertz CT molecular complexity index is 93.3. The van der Waals surface area contributed by atoms with Crippen molar-refractivity contribution < 1.29 is 4.80 Å². The predicted molar refractivity (Wildman–Crippen MR) is 48.5 cm³/mol. The minimum absolute atomic E-state index is 0.558. The zero-order valence-electron chi connectivity index (χ0n) is 7.01. The van der Waals surface area contributed by atoms with Crippen molar-refractivity contribution >= 4 is 9.04 Å². The van der Waals surface area contributed by atoms with Crippen LogP contribution in [0.25, 0.3) is 0 Å². The molecule has 0 aliphatic rings. The third-order valence-electron chi connectivity index (χ3n) is 1.91. The Labute approximate surface area is 65.5 Å². The average Bonchev–Trinajstić information content (AvgIpc) is 1.99. The van der Waals surface area contributed by atoms with Crippen LogP contribution in [0.5, 0.6) is 0 Å². The molecule has 0 saturated heterocycles. The third-order valence-corrected chi connectivity index (χ3v) is 4.16. The quantitative estimate of drug-likeness (QED) is 0.607. The Balaban J connectivity index is 3.67. The van der Waals surface area contributed by atoms with Crippen LogP contribution in [0.4, 0.5) is 0 Å². The summed E-state index contributed by atoms with van der Waals surface area (Å²) in [5.74, 6) is 0. The zero-order valence-corrected chi connectivity index (χ0v) is 8.16. The summed E-state index contributed by atoms with van der Waals surface area (Å²) in [7, 11) is -1.55. The molecule has 0 aromatic carbocycles. The average molecular weight is 158 g/mol. The fraction of sp³-hybridized carbons (Fsp3) is 0.750. The van der Waals surface area contributed by atoms with E-state index in [-0.39, 0.29) is 0 Å². The van der Waals surface area contributed by atoms with Gasteiger partial charge >= 0.3 is 0 Å². The van der Waals surface area contributed by atoms with E-state index in [1.165, 1.54) is 6.42 Å². The van der Waals surface area contributed by atoms with Crippen molar-refractivity contribution in [1.82, 2.24) is 0 Å². The molecule has 0 aromatic rings. The molecule has 0 rings (SSSR count). The molecule has 0 saturated carbocycles. The summed E-state index contributed by atoms with van der Waals surface area (Å²) in [6.07, 6.45) is 3.44. The van der Waals surface area contributed by atoms with Crippen molar-refractivity contribution in [3.63, 3.8) is 0 Å². The van der Waals surface area contributed by atoms with Crippen LogP contribution in [0.3, 0.4) is 0 Å². The van der Waals surface area contributed by atoms with Crippen LogP contribution in [0.1, 0.15) is 33.1 Å². The maximum absolute atomic E-state index is 9.47. The van der Waals surface area contributed by atoms with E-state index in [1.54, 1.807) is 5.70 Å². The van der Waals surface area contributed by atoms with Gasteiger partial charge in [-0.25, -0.2) is 0 Å². The molecular weight excluding hydrogens is 140 g/mol. The number of rotatable bonds is 5. The summed E-state index contributed by atoms with van der Waals surface area (Å²) in [4.78, 5) is 9.47. The van der Waals surface area contributed by atoms with Gasteiger partial charge in [0.1, 0.15) is 0 Å².